The molecule has 0 radical (unpaired) electrons. The molecule has 13 heteroatoms. The first kappa shape index (κ1) is 39.2. The third-order valence-electron chi connectivity index (χ3n) is 9.30. The van der Waals surface area contributed by atoms with Crippen molar-refractivity contribution in [2.75, 3.05) is 42.6 Å². The Hall–Kier alpha value is -3.04. The number of hydrogen-bond donors (Lipinski definition) is 0. The minimum atomic E-state index is -4.34. The summed E-state index contributed by atoms with van der Waals surface area (Å²) in [6.07, 6.45) is 5.66. The van der Waals surface area contributed by atoms with E-state index in [4.69, 9.17) is 4.28 Å². The smallest absolute Gasteiger partial charge is 0.314 e. The highest BCUT2D eigenvalue weighted by molar-refractivity contribution is 8.03. The summed E-state index contributed by atoms with van der Waals surface area (Å²) in [4.78, 5) is 3.32. The van der Waals surface area contributed by atoms with Gasteiger partial charge in [-0.05, 0) is 87.1 Å². The Balaban J connectivity index is 1.48. The zero-order chi connectivity index (χ0) is 36.8. The van der Waals surface area contributed by atoms with Crippen LogP contribution in [0.15, 0.2) is 88.3 Å². The number of rotatable bonds is 17. The Labute approximate surface area is 311 Å². The Morgan fingerprint density at radius 3 is 2.29 bits per heavy atom. The Bertz CT molecular complexity index is 2110. The van der Waals surface area contributed by atoms with E-state index < -0.39 is 26.0 Å². The highest BCUT2D eigenvalue weighted by Crippen LogP contribution is 2.47. The van der Waals surface area contributed by atoms with Gasteiger partial charge in [-0.3, -0.25) is 0 Å². The number of thioether (sulfide) groups is 1. The molecule has 9 nitrogen and oxygen atoms in total. The molecule has 274 valence electrons. The van der Waals surface area contributed by atoms with E-state index in [0.29, 0.717) is 39.1 Å². The first-order chi connectivity index (χ1) is 24.3. The number of benzene rings is 3. The first-order valence-corrected chi connectivity index (χ1v) is 22.3. The molecule has 0 atom stereocenters. The second-order valence-electron chi connectivity index (χ2n) is 12.7. The number of hydroxylamine groups is 3. The van der Waals surface area contributed by atoms with Crippen LogP contribution in [-0.2, 0) is 31.1 Å². The van der Waals surface area contributed by atoms with Crippen molar-refractivity contribution < 1.29 is 34.9 Å². The molecule has 0 unspecified atom stereocenters. The molecule has 1 aliphatic heterocycles. The van der Waals surface area contributed by atoms with Gasteiger partial charge in [0.15, 0.2) is 6.54 Å². The van der Waals surface area contributed by atoms with E-state index in [1.807, 2.05) is 39.0 Å². The van der Waals surface area contributed by atoms with Crippen LogP contribution < -0.4 is 9.47 Å². The molecule has 3 aromatic carbocycles. The SMILES string of the molecule is CCC(/C=C1\Sc2ccc(C)cc2N1CCCS(=O)(=O)O[N+](CC)(CC)CC)=C\c1sc2ccc(-c3ccccc3)cc2[n+]1CCCS(=O)(=O)[O-]. The van der Waals surface area contributed by atoms with Crippen molar-refractivity contribution in [3.05, 3.63) is 94.0 Å². The fourth-order valence-electron chi connectivity index (χ4n) is 6.27. The van der Waals surface area contributed by atoms with Gasteiger partial charge in [0, 0.05) is 35.8 Å². The van der Waals surface area contributed by atoms with Gasteiger partial charge in [-0.25, -0.2) is 8.42 Å². The lowest BCUT2D eigenvalue weighted by molar-refractivity contribution is -1.08. The zero-order valence-electron chi connectivity index (χ0n) is 30.0. The van der Waals surface area contributed by atoms with Crippen LogP contribution in [0, 0.1) is 6.92 Å². The number of aromatic nitrogens is 1. The molecule has 0 N–H and O–H groups in total. The number of fused-ring (bicyclic) bond motifs is 2. The van der Waals surface area contributed by atoms with Gasteiger partial charge in [-0.1, -0.05) is 76.8 Å². The second kappa shape index (κ2) is 16.7. The second-order valence-corrected chi connectivity index (χ2v) is 18.1. The Morgan fingerprint density at radius 2 is 1.63 bits per heavy atom. The summed E-state index contributed by atoms with van der Waals surface area (Å²) in [6.45, 7) is 12.6. The van der Waals surface area contributed by atoms with E-state index in [-0.39, 0.29) is 16.8 Å². The third-order valence-corrected chi connectivity index (χ3v) is 13.6. The lowest BCUT2D eigenvalue weighted by Gasteiger charge is -2.31. The summed E-state index contributed by atoms with van der Waals surface area (Å²) in [5.74, 6) is -0.506. The minimum absolute atomic E-state index is 0.0785. The van der Waals surface area contributed by atoms with Crippen LogP contribution in [0.2, 0.25) is 0 Å². The molecule has 51 heavy (non-hydrogen) atoms. The van der Waals surface area contributed by atoms with Gasteiger partial charge in [0.1, 0.15) is 24.3 Å². The van der Waals surface area contributed by atoms with Gasteiger partial charge < -0.3 is 9.45 Å². The number of allylic oxidation sites excluding steroid dienone is 2. The van der Waals surface area contributed by atoms with Gasteiger partial charge >= 0.3 is 10.1 Å². The van der Waals surface area contributed by atoms with Gasteiger partial charge in [0.25, 0.3) is 5.01 Å². The number of anilines is 1. The molecule has 0 saturated heterocycles. The van der Waals surface area contributed by atoms with Crippen molar-refractivity contribution in [1.82, 2.24) is 0 Å². The average molecular weight is 771 g/mol. The maximum Gasteiger partial charge on any atom is 0.314 e. The number of nitrogens with zero attached hydrogens (tertiary/aromatic N) is 3. The van der Waals surface area contributed by atoms with E-state index in [9.17, 15) is 21.4 Å². The van der Waals surface area contributed by atoms with Crippen molar-refractivity contribution in [3.63, 3.8) is 0 Å². The molecule has 5 rings (SSSR count). The maximum absolute atomic E-state index is 13.1. The summed E-state index contributed by atoms with van der Waals surface area (Å²) in [6, 6.07) is 22.8. The molecule has 4 aromatic rings. The first-order valence-electron chi connectivity index (χ1n) is 17.5. The van der Waals surface area contributed by atoms with Gasteiger partial charge in [0.05, 0.1) is 26.6 Å². The molecule has 0 saturated carbocycles. The van der Waals surface area contributed by atoms with E-state index in [1.165, 1.54) is 0 Å². The molecule has 0 spiro atoms. The summed E-state index contributed by atoms with van der Waals surface area (Å²) >= 11 is 3.30. The molecule has 1 aromatic heterocycles. The normalized spacial score (nSPS) is 14.9. The van der Waals surface area contributed by atoms with E-state index in [0.717, 1.165) is 59.5 Å². The quantitative estimate of drug-likeness (QED) is 0.0462. The molecule has 2 heterocycles. The van der Waals surface area contributed by atoms with Crippen LogP contribution in [0.25, 0.3) is 27.4 Å². The molecular weight excluding hydrogens is 723 g/mol. The van der Waals surface area contributed by atoms with Crippen LogP contribution in [0.3, 0.4) is 0 Å². The Kier molecular flexibility index (Phi) is 12.9. The lowest BCUT2D eigenvalue weighted by atomic mass is 10.1. The predicted molar refractivity (Wildman–Crippen MR) is 209 cm³/mol. The predicted octanol–water partition coefficient (Wildman–Crippen LogP) is 7.87. The summed E-state index contributed by atoms with van der Waals surface area (Å²) in [7, 11) is -8.09. The molecule has 1 aliphatic rings. The van der Waals surface area contributed by atoms with Crippen LogP contribution in [0.1, 0.15) is 57.5 Å². The van der Waals surface area contributed by atoms with E-state index >= 15 is 0 Å². The molecule has 0 bridgehead atoms. The van der Waals surface area contributed by atoms with Crippen molar-refractivity contribution >= 4 is 65.3 Å². The molecule has 0 fully saturated rings. The largest absolute Gasteiger partial charge is 0.748 e. The minimum Gasteiger partial charge on any atom is -0.748 e. The van der Waals surface area contributed by atoms with Crippen molar-refractivity contribution in [1.29, 1.82) is 0 Å². The maximum atomic E-state index is 13.1. The number of aryl methyl sites for hydroxylation is 2. The van der Waals surface area contributed by atoms with E-state index in [2.05, 4.69) is 84.0 Å². The fourth-order valence-corrected chi connectivity index (χ4v) is 10.4. The summed E-state index contributed by atoms with van der Waals surface area (Å²) < 4.78 is 69.7. The van der Waals surface area contributed by atoms with Gasteiger partial charge in [0.2, 0.25) is 5.52 Å². The molecule has 0 aliphatic carbocycles. The Morgan fingerprint density at radius 1 is 0.902 bits per heavy atom. The summed E-state index contributed by atoms with van der Waals surface area (Å²) in [5.41, 5.74) is 6.38. The molecular formula is C38H48N3O6S4+. The number of hydrogen-bond acceptors (Lipinski definition) is 9. The fraction of sp³-hybridized carbons (Fsp3) is 0.395. The van der Waals surface area contributed by atoms with Crippen molar-refractivity contribution in [2.45, 2.75) is 65.3 Å². The standard InChI is InChI=1S/C38H48N3O6S4/c1-6-30(27-38-40(21-13-23-50(42,43)44)34-28-32(18-20-36(34)49-38)31-15-11-10-12-16-31)26-37-39(33-25-29(5)17-19-35(33)48-37)22-14-24-51(45,46)47-41(7-2,8-3)9-4/h10-12,15-20,25-28H,6-9,13-14,21-24H2,1-5H3/q+1. The zero-order valence-corrected chi connectivity index (χ0v) is 33.3. The van der Waals surface area contributed by atoms with Crippen LogP contribution in [0.4, 0.5) is 5.69 Å². The highest BCUT2D eigenvalue weighted by Gasteiger charge is 2.32. The van der Waals surface area contributed by atoms with Gasteiger partial charge in [-0.15, -0.1) is 0 Å². The third kappa shape index (κ3) is 9.89. The topological polar surface area (TPSA) is 108 Å². The van der Waals surface area contributed by atoms with E-state index in [1.54, 1.807) is 23.1 Å². The number of thiazole rings is 1. The summed E-state index contributed by atoms with van der Waals surface area (Å²) in [5, 5.41) is 1.97. The van der Waals surface area contributed by atoms with Gasteiger partial charge in [-0.2, -0.15) is 17.6 Å². The average Bonchev–Trinajstić information content (AvgIpc) is 3.62. The molecule has 0 amide bonds. The van der Waals surface area contributed by atoms with Crippen molar-refractivity contribution in [3.8, 4) is 11.1 Å². The lowest BCUT2D eigenvalue weighted by Crippen LogP contribution is -2.49. The number of quaternary nitrogens is 1. The monoisotopic (exact) mass is 770 g/mol. The highest BCUT2D eigenvalue weighted by atomic mass is 32.2. The van der Waals surface area contributed by atoms with Crippen LogP contribution >= 0.6 is 23.1 Å². The van der Waals surface area contributed by atoms with Crippen molar-refractivity contribution in [2.24, 2.45) is 0 Å². The van der Waals surface area contributed by atoms with Crippen LogP contribution in [0.5, 0.6) is 0 Å². The van der Waals surface area contributed by atoms with Crippen LogP contribution in [-0.4, -0.2) is 63.7 Å².